The number of amides is 1. The predicted octanol–water partition coefficient (Wildman–Crippen LogP) is 3.41. The van der Waals surface area contributed by atoms with Crippen molar-refractivity contribution in [1.82, 2.24) is 4.90 Å². The summed E-state index contributed by atoms with van der Waals surface area (Å²) in [5, 5.41) is 0. The third-order valence-electron chi connectivity index (χ3n) is 3.83. The number of benzene rings is 1. The number of carbonyl (C=O) groups is 2. The van der Waals surface area contributed by atoms with E-state index < -0.39 is 0 Å². The molecule has 23 heavy (non-hydrogen) atoms. The van der Waals surface area contributed by atoms with Crippen LogP contribution in [0.5, 0.6) is 0 Å². The van der Waals surface area contributed by atoms with Gasteiger partial charge in [0.25, 0.3) is 0 Å². The molecule has 1 unspecified atom stereocenters. The van der Waals surface area contributed by atoms with Crippen LogP contribution in [0.2, 0.25) is 0 Å². The van der Waals surface area contributed by atoms with Gasteiger partial charge in [0.1, 0.15) is 0 Å². The SMILES string of the molecule is C=CCN1C(=O)CCCC(C(=O)OCC)/C=C\1c1ccccc1. The molecule has 0 aromatic heterocycles. The Hall–Kier alpha value is -2.36. The van der Waals surface area contributed by atoms with Gasteiger partial charge in [0.15, 0.2) is 0 Å². The summed E-state index contributed by atoms with van der Waals surface area (Å²) in [6.45, 7) is 6.33. The van der Waals surface area contributed by atoms with Crippen LogP contribution in [0, 0.1) is 5.92 Å². The van der Waals surface area contributed by atoms with E-state index in [9.17, 15) is 9.59 Å². The minimum atomic E-state index is -0.328. The first kappa shape index (κ1) is 17.0. The monoisotopic (exact) mass is 313 g/mol. The van der Waals surface area contributed by atoms with Gasteiger partial charge < -0.3 is 9.64 Å². The van der Waals surface area contributed by atoms with E-state index in [1.807, 2.05) is 36.4 Å². The average molecular weight is 313 g/mol. The molecule has 1 aliphatic rings. The number of hydrogen-bond acceptors (Lipinski definition) is 3. The zero-order chi connectivity index (χ0) is 16.7. The number of esters is 1. The third-order valence-corrected chi connectivity index (χ3v) is 3.83. The van der Waals surface area contributed by atoms with E-state index in [2.05, 4.69) is 6.58 Å². The molecule has 1 amide bonds. The van der Waals surface area contributed by atoms with Gasteiger partial charge in [-0.15, -0.1) is 6.58 Å². The fraction of sp³-hybridized carbons (Fsp3) is 0.368. The van der Waals surface area contributed by atoms with Crippen LogP contribution in [0.3, 0.4) is 0 Å². The van der Waals surface area contributed by atoms with Gasteiger partial charge >= 0.3 is 5.97 Å². The molecule has 4 nitrogen and oxygen atoms in total. The predicted molar refractivity (Wildman–Crippen MR) is 90.3 cm³/mol. The molecule has 122 valence electrons. The largest absolute Gasteiger partial charge is 0.466 e. The van der Waals surface area contributed by atoms with Crippen LogP contribution in [0.15, 0.2) is 49.1 Å². The lowest BCUT2D eigenvalue weighted by molar-refractivity contribution is -0.146. The highest BCUT2D eigenvalue weighted by molar-refractivity contribution is 5.89. The molecular weight excluding hydrogens is 290 g/mol. The van der Waals surface area contributed by atoms with Gasteiger partial charge in [-0.1, -0.05) is 36.4 Å². The molecule has 4 heteroatoms. The second-order valence-corrected chi connectivity index (χ2v) is 5.46. The number of ether oxygens (including phenoxy) is 1. The Balaban J connectivity index is 2.46. The average Bonchev–Trinajstić information content (AvgIpc) is 2.55. The Morgan fingerprint density at radius 3 is 2.78 bits per heavy atom. The third kappa shape index (κ3) is 4.31. The van der Waals surface area contributed by atoms with Crippen LogP contribution in [0.4, 0.5) is 0 Å². The van der Waals surface area contributed by atoms with Crippen molar-refractivity contribution >= 4 is 17.6 Å². The number of rotatable bonds is 5. The summed E-state index contributed by atoms with van der Waals surface area (Å²) in [6, 6.07) is 9.66. The van der Waals surface area contributed by atoms with Gasteiger partial charge in [0.2, 0.25) is 5.91 Å². The first-order chi connectivity index (χ1) is 11.2. The molecule has 0 spiro atoms. The van der Waals surface area contributed by atoms with E-state index >= 15 is 0 Å². The quantitative estimate of drug-likeness (QED) is 0.618. The lowest BCUT2D eigenvalue weighted by Crippen LogP contribution is -2.32. The summed E-state index contributed by atoms with van der Waals surface area (Å²) in [4.78, 5) is 26.4. The molecule has 0 radical (unpaired) electrons. The highest BCUT2D eigenvalue weighted by Gasteiger charge is 2.26. The van der Waals surface area contributed by atoms with Crippen molar-refractivity contribution in [1.29, 1.82) is 0 Å². The zero-order valence-electron chi connectivity index (χ0n) is 13.5. The van der Waals surface area contributed by atoms with E-state index in [1.54, 1.807) is 17.9 Å². The van der Waals surface area contributed by atoms with Crippen LogP contribution in [-0.4, -0.2) is 29.9 Å². The Morgan fingerprint density at radius 2 is 2.13 bits per heavy atom. The molecule has 2 rings (SSSR count). The summed E-state index contributed by atoms with van der Waals surface area (Å²) in [6.07, 6.45) is 5.30. The molecule has 1 aromatic carbocycles. The molecule has 0 N–H and O–H groups in total. The van der Waals surface area contributed by atoms with Crippen LogP contribution in [0.25, 0.3) is 5.70 Å². The molecule has 1 aliphatic heterocycles. The summed E-state index contributed by atoms with van der Waals surface area (Å²) >= 11 is 0. The van der Waals surface area contributed by atoms with E-state index in [0.717, 1.165) is 11.3 Å². The highest BCUT2D eigenvalue weighted by Crippen LogP contribution is 2.27. The van der Waals surface area contributed by atoms with Crippen LogP contribution in [-0.2, 0) is 14.3 Å². The molecule has 1 heterocycles. The molecule has 1 atom stereocenters. The van der Waals surface area contributed by atoms with Gasteiger partial charge in [0.05, 0.1) is 12.5 Å². The Kier molecular flexibility index (Phi) is 6.15. The maximum absolute atomic E-state index is 12.5. The fourth-order valence-electron chi connectivity index (χ4n) is 2.73. The molecule has 0 bridgehead atoms. The van der Waals surface area contributed by atoms with E-state index in [-0.39, 0.29) is 17.8 Å². The van der Waals surface area contributed by atoms with Crippen LogP contribution < -0.4 is 0 Å². The number of nitrogens with zero attached hydrogens (tertiary/aromatic N) is 1. The van der Waals surface area contributed by atoms with Crippen molar-refractivity contribution in [3.8, 4) is 0 Å². The standard InChI is InChI=1S/C19H23NO3/c1-3-13-20-17(15-9-6-5-7-10-15)14-16(19(22)23-4-2)11-8-12-18(20)21/h3,5-7,9-10,14,16H,1,4,8,11-13H2,2H3/b17-14-. The van der Waals surface area contributed by atoms with E-state index in [4.69, 9.17) is 4.74 Å². The number of hydrogen-bond donors (Lipinski definition) is 0. The Labute approximate surface area is 137 Å². The number of carbonyl (C=O) groups excluding carboxylic acids is 2. The molecule has 1 aromatic rings. The molecule has 0 saturated heterocycles. The minimum absolute atomic E-state index is 0.0577. The van der Waals surface area contributed by atoms with Crippen molar-refractivity contribution < 1.29 is 14.3 Å². The first-order valence-corrected chi connectivity index (χ1v) is 8.02. The lowest BCUT2D eigenvalue weighted by atomic mass is 9.95. The fourth-order valence-corrected chi connectivity index (χ4v) is 2.73. The minimum Gasteiger partial charge on any atom is -0.466 e. The second kappa shape index (κ2) is 8.32. The normalized spacial score (nSPS) is 20.9. The molecule has 0 fully saturated rings. The van der Waals surface area contributed by atoms with Crippen molar-refractivity contribution in [3.05, 3.63) is 54.6 Å². The Morgan fingerprint density at radius 1 is 1.39 bits per heavy atom. The van der Waals surface area contributed by atoms with Gasteiger partial charge in [-0.25, -0.2) is 0 Å². The molecule has 0 saturated carbocycles. The topological polar surface area (TPSA) is 46.6 Å². The van der Waals surface area contributed by atoms with Gasteiger partial charge in [-0.05, 0) is 31.4 Å². The van der Waals surface area contributed by atoms with Crippen LogP contribution >= 0.6 is 0 Å². The summed E-state index contributed by atoms with van der Waals surface area (Å²) in [7, 11) is 0. The van der Waals surface area contributed by atoms with Crippen molar-refractivity contribution in [3.63, 3.8) is 0 Å². The van der Waals surface area contributed by atoms with Crippen molar-refractivity contribution in [2.75, 3.05) is 13.2 Å². The highest BCUT2D eigenvalue weighted by atomic mass is 16.5. The zero-order valence-corrected chi connectivity index (χ0v) is 13.5. The first-order valence-electron chi connectivity index (χ1n) is 8.02. The second-order valence-electron chi connectivity index (χ2n) is 5.46. The van der Waals surface area contributed by atoms with Gasteiger partial charge in [0, 0.05) is 18.7 Å². The summed E-state index contributed by atoms with van der Waals surface area (Å²) < 4.78 is 5.18. The van der Waals surface area contributed by atoms with Gasteiger partial charge in [-0.2, -0.15) is 0 Å². The maximum atomic E-state index is 12.5. The summed E-state index contributed by atoms with van der Waals surface area (Å²) in [5.74, 6) is -0.498. The lowest BCUT2D eigenvalue weighted by Gasteiger charge is -2.28. The van der Waals surface area contributed by atoms with Gasteiger partial charge in [-0.3, -0.25) is 9.59 Å². The Bertz CT molecular complexity index is 592. The molecular formula is C19H23NO3. The smallest absolute Gasteiger partial charge is 0.312 e. The summed E-state index contributed by atoms with van der Waals surface area (Å²) in [5.41, 5.74) is 1.67. The molecule has 0 aliphatic carbocycles. The van der Waals surface area contributed by atoms with E-state index in [1.165, 1.54) is 0 Å². The maximum Gasteiger partial charge on any atom is 0.312 e. The van der Waals surface area contributed by atoms with E-state index in [0.29, 0.717) is 32.4 Å². The van der Waals surface area contributed by atoms with Crippen LogP contribution in [0.1, 0.15) is 31.7 Å². The van der Waals surface area contributed by atoms with Crippen molar-refractivity contribution in [2.24, 2.45) is 5.92 Å². The van der Waals surface area contributed by atoms with Crippen molar-refractivity contribution in [2.45, 2.75) is 26.2 Å².